The van der Waals surface area contributed by atoms with Crippen molar-refractivity contribution in [2.75, 3.05) is 28.8 Å². The average molecular weight is 328 g/mol. The molecule has 2 heterocycles. The molecule has 4 nitrogen and oxygen atoms in total. The highest BCUT2D eigenvalue weighted by Crippen LogP contribution is 2.36. The van der Waals surface area contributed by atoms with Crippen LogP contribution in [-0.4, -0.2) is 28.1 Å². The molecule has 0 aromatic heterocycles. The average Bonchev–Trinajstić information content (AvgIpc) is 3.25. The molecule has 0 amide bonds. The maximum absolute atomic E-state index is 12.9. The molecule has 23 heavy (non-hydrogen) atoms. The number of fused-ring (bicyclic) bond motifs is 1. The third-order valence-electron chi connectivity index (χ3n) is 4.72. The fourth-order valence-corrected chi connectivity index (χ4v) is 5.02. The second-order valence-electron chi connectivity index (χ2n) is 6.15. The summed E-state index contributed by atoms with van der Waals surface area (Å²) >= 11 is 0. The van der Waals surface area contributed by atoms with E-state index in [1.165, 1.54) is 18.5 Å². The largest absolute Gasteiger partial charge is 0.372 e. The van der Waals surface area contributed by atoms with E-state index < -0.39 is 10.0 Å². The van der Waals surface area contributed by atoms with Gasteiger partial charge < -0.3 is 4.90 Å². The Morgan fingerprint density at radius 3 is 2.35 bits per heavy atom. The van der Waals surface area contributed by atoms with Crippen LogP contribution in [0.4, 0.5) is 11.4 Å². The molecule has 120 valence electrons. The van der Waals surface area contributed by atoms with Gasteiger partial charge in [0.25, 0.3) is 10.0 Å². The monoisotopic (exact) mass is 328 g/mol. The molecule has 0 atom stereocenters. The van der Waals surface area contributed by atoms with Crippen LogP contribution in [0, 0.1) is 0 Å². The standard InChI is InChI=1S/C18H20N2O2S/c21-23(22,17-6-2-1-3-7-17)20-13-10-15-14-16(8-9-18(15)20)19-11-4-5-12-19/h1-3,6-9,14H,4-5,10-13H2. The summed E-state index contributed by atoms with van der Waals surface area (Å²) in [5.41, 5.74) is 3.19. The lowest BCUT2D eigenvalue weighted by molar-refractivity contribution is 0.592. The Labute approximate surface area is 137 Å². The lowest BCUT2D eigenvalue weighted by atomic mass is 10.1. The van der Waals surface area contributed by atoms with Gasteiger partial charge in [0.05, 0.1) is 10.6 Å². The van der Waals surface area contributed by atoms with Crippen molar-refractivity contribution in [1.29, 1.82) is 0 Å². The highest BCUT2D eigenvalue weighted by atomic mass is 32.2. The lowest BCUT2D eigenvalue weighted by Crippen LogP contribution is -2.29. The first-order valence-electron chi connectivity index (χ1n) is 8.12. The van der Waals surface area contributed by atoms with Crippen LogP contribution in [0.5, 0.6) is 0 Å². The SMILES string of the molecule is O=S(=O)(c1ccccc1)N1CCc2cc(N3CCCC3)ccc21. The van der Waals surface area contributed by atoms with E-state index in [-0.39, 0.29) is 0 Å². The van der Waals surface area contributed by atoms with Gasteiger partial charge in [-0.05, 0) is 55.2 Å². The molecule has 0 radical (unpaired) electrons. The summed E-state index contributed by atoms with van der Waals surface area (Å²) < 4.78 is 27.3. The van der Waals surface area contributed by atoms with Crippen molar-refractivity contribution in [2.24, 2.45) is 0 Å². The normalized spacial score (nSPS) is 17.6. The summed E-state index contributed by atoms with van der Waals surface area (Å²) in [6, 6.07) is 14.9. The van der Waals surface area contributed by atoms with Gasteiger partial charge in [-0.25, -0.2) is 8.42 Å². The molecule has 2 aromatic rings. The molecule has 0 unspecified atom stereocenters. The summed E-state index contributed by atoms with van der Waals surface area (Å²) in [5.74, 6) is 0. The Hall–Kier alpha value is -2.01. The van der Waals surface area contributed by atoms with Gasteiger partial charge >= 0.3 is 0 Å². The summed E-state index contributed by atoms with van der Waals surface area (Å²) in [7, 11) is -3.46. The Bertz CT molecular complexity index is 812. The summed E-state index contributed by atoms with van der Waals surface area (Å²) in [4.78, 5) is 2.74. The molecule has 4 rings (SSSR count). The number of rotatable bonds is 3. The van der Waals surface area contributed by atoms with Crippen molar-refractivity contribution in [3.8, 4) is 0 Å². The Morgan fingerprint density at radius 2 is 1.61 bits per heavy atom. The molecular weight excluding hydrogens is 308 g/mol. The Kier molecular flexibility index (Phi) is 3.53. The number of anilines is 2. The van der Waals surface area contributed by atoms with Crippen molar-refractivity contribution in [3.05, 3.63) is 54.1 Å². The zero-order chi connectivity index (χ0) is 15.9. The van der Waals surface area contributed by atoms with Crippen molar-refractivity contribution in [1.82, 2.24) is 0 Å². The van der Waals surface area contributed by atoms with Crippen molar-refractivity contribution >= 4 is 21.4 Å². The van der Waals surface area contributed by atoms with Gasteiger partial charge in [0, 0.05) is 25.3 Å². The van der Waals surface area contributed by atoms with E-state index in [4.69, 9.17) is 0 Å². The fraction of sp³-hybridized carbons (Fsp3) is 0.333. The van der Waals surface area contributed by atoms with Gasteiger partial charge in [-0.1, -0.05) is 18.2 Å². The molecule has 1 saturated heterocycles. The van der Waals surface area contributed by atoms with Crippen LogP contribution in [0.3, 0.4) is 0 Å². The topological polar surface area (TPSA) is 40.6 Å². The Morgan fingerprint density at radius 1 is 0.870 bits per heavy atom. The molecule has 2 aliphatic rings. The summed E-state index contributed by atoms with van der Waals surface area (Å²) in [5, 5.41) is 0. The highest BCUT2D eigenvalue weighted by molar-refractivity contribution is 7.92. The van der Waals surface area contributed by atoms with E-state index in [0.29, 0.717) is 11.4 Å². The number of benzene rings is 2. The van der Waals surface area contributed by atoms with Crippen LogP contribution >= 0.6 is 0 Å². The van der Waals surface area contributed by atoms with Crippen molar-refractivity contribution in [3.63, 3.8) is 0 Å². The van der Waals surface area contributed by atoms with Gasteiger partial charge in [-0.3, -0.25) is 4.31 Å². The fourth-order valence-electron chi connectivity index (χ4n) is 3.50. The van der Waals surface area contributed by atoms with E-state index in [9.17, 15) is 8.42 Å². The predicted octanol–water partition coefficient (Wildman–Crippen LogP) is 3.04. The molecule has 2 aromatic carbocycles. The maximum Gasteiger partial charge on any atom is 0.264 e. The quantitative estimate of drug-likeness (QED) is 0.869. The van der Waals surface area contributed by atoms with Crippen LogP contribution in [0.1, 0.15) is 18.4 Å². The van der Waals surface area contributed by atoms with Crippen LogP contribution in [0.25, 0.3) is 0 Å². The van der Waals surface area contributed by atoms with Crippen LogP contribution < -0.4 is 9.21 Å². The minimum atomic E-state index is -3.46. The zero-order valence-electron chi connectivity index (χ0n) is 13.0. The molecule has 0 saturated carbocycles. The molecule has 1 fully saturated rings. The molecule has 0 aliphatic carbocycles. The van der Waals surface area contributed by atoms with Crippen LogP contribution in [-0.2, 0) is 16.4 Å². The van der Waals surface area contributed by atoms with E-state index in [2.05, 4.69) is 17.0 Å². The van der Waals surface area contributed by atoms with Gasteiger partial charge in [-0.15, -0.1) is 0 Å². The third kappa shape index (κ3) is 2.49. The molecule has 0 N–H and O–H groups in total. The second kappa shape index (κ2) is 5.57. The molecular formula is C18H20N2O2S. The van der Waals surface area contributed by atoms with E-state index in [1.54, 1.807) is 28.6 Å². The van der Waals surface area contributed by atoms with Crippen LogP contribution in [0.15, 0.2) is 53.4 Å². The van der Waals surface area contributed by atoms with Gasteiger partial charge in [0.2, 0.25) is 0 Å². The smallest absolute Gasteiger partial charge is 0.264 e. The first kappa shape index (κ1) is 14.6. The molecule has 5 heteroatoms. The van der Waals surface area contributed by atoms with Gasteiger partial charge in [0.1, 0.15) is 0 Å². The van der Waals surface area contributed by atoms with Gasteiger partial charge in [0.15, 0.2) is 0 Å². The number of nitrogens with zero attached hydrogens (tertiary/aromatic N) is 2. The summed E-state index contributed by atoms with van der Waals surface area (Å²) in [6.07, 6.45) is 3.26. The molecule has 0 spiro atoms. The van der Waals surface area contributed by atoms with Crippen molar-refractivity contribution in [2.45, 2.75) is 24.2 Å². The number of hydrogen-bond acceptors (Lipinski definition) is 3. The molecule has 0 bridgehead atoms. The van der Waals surface area contributed by atoms with Crippen molar-refractivity contribution < 1.29 is 8.42 Å². The third-order valence-corrected chi connectivity index (χ3v) is 6.55. The van der Waals surface area contributed by atoms with E-state index >= 15 is 0 Å². The Balaban J connectivity index is 1.68. The molecule has 2 aliphatic heterocycles. The minimum Gasteiger partial charge on any atom is -0.372 e. The lowest BCUT2D eigenvalue weighted by Gasteiger charge is -2.21. The van der Waals surface area contributed by atoms with E-state index in [0.717, 1.165) is 30.8 Å². The highest BCUT2D eigenvalue weighted by Gasteiger charge is 2.31. The van der Waals surface area contributed by atoms with Gasteiger partial charge in [-0.2, -0.15) is 0 Å². The number of hydrogen-bond donors (Lipinski definition) is 0. The minimum absolute atomic E-state index is 0.358. The predicted molar refractivity (Wildman–Crippen MR) is 92.6 cm³/mol. The maximum atomic E-state index is 12.9. The zero-order valence-corrected chi connectivity index (χ0v) is 13.8. The van der Waals surface area contributed by atoms with E-state index in [1.807, 2.05) is 12.1 Å². The van der Waals surface area contributed by atoms with Crippen LogP contribution in [0.2, 0.25) is 0 Å². The summed E-state index contributed by atoms with van der Waals surface area (Å²) in [6.45, 7) is 2.73. The first-order chi connectivity index (χ1) is 11.2. The first-order valence-corrected chi connectivity index (χ1v) is 9.56. The second-order valence-corrected chi connectivity index (χ2v) is 8.01. The number of sulfonamides is 1.